The van der Waals surface area contributed by atoms with Gasteiger partial charge in [0.15, 0.2) is 11.6 Å². The lowest BCUT2D eigenvalue weighted by atomic mass is 10.0. The molecule has 0 saturated heterocycles. The Hall–Kier alpha value is -2.40. The number of hydrogen-bond donors (Lipinski definition) is 1. The normalized spacial score (nSPS) is 10.8. The zero-order valence-corrected chi connectivity index (χ0v) is 12.3. The molecule has 0 spiro atoms. The van der Waals surface area contributed by atoms with Gasteiger partial charge in [-0.25, -0.2) is 0 Å². The Balaban J connectivity index is 2.24. The fraction of sp³-hybridized carbons (Fsp3) is 0.133. The third kappa shape index (κ3) is 2.36. The second-order valence-corrected chi connectivity index (χ2v) is 4.96. The molecular weight excluding hydrogens is 292 g/mol. The number of aromatic nitrogens is 1. The Bertz CT molecular complexity index is 792. The number of nitrogens with zero attached hydrogens (tertiary/aromatic N) is 1. The van der Waals surface area contributed by atoms with E-state index in [0.29, 0.717) is 33.4 Å². The summed E-state index contributed by atoms with van der Waals surface area (Å²) in [6.07, 6.45) is 0. The Labute approximate surface area is 126 Å². The third-order valence-corrected chi connectivity index (χ3v) is 3.35. The molecule has 0 bridgehead atoms. The van der Waals surface area contributed by atoms with Gasteiger partial charge in [0.25, 0.3) is 0 Å². The molecule has 1 aromatic carbocycles. The average Bonchev–Trinajstić information content (AvgIpc) is 3.04. The van der Waals surface area contributed by atoms with Crippen LogP contribution in [0.5, 0.6) is 5.75 Å². The quantitative estimate of drug-likeness (QED) is 0.786. The zero-order valence-electron chi connectivity index (χ0n) is 11.5. The van der Waals surface area contributed by atoms with Gasteiger partial charge >= 0.3 is 0 Å². The second kappa shape index (κ2) is 5.18. The SMILES string of the molecule is COc1ccc(Cl)cc1-c1c(N)noc1-c1ccc(C)o1. The zero-order chi connectivity index (χ0) is 15.0. The fourth-order valence-corrected chi connectivity index (χ4v) is 2.34. The maximum atomic E-state index is 6.07. The van der Waals surface area contributed by atoms with Crippen molar-refractivity contribution in [2.75, 3.05) is 12.8 Å². The monoisotopic (exact) mass is 304 g/mol. The fourth-order valence-electron chi connectivity index (χ4n) is 2.16. The lowest BCUT2D eigenvalue weighted by Crippen LogP contribution is -1.92. The minimum Gasteiger partial charge on any atom is -0.496 e. The predicted molar refractivity (Wildman–Crippen MR) is 80.4 cm³/mol. The standard InChI is InChI=1S/C15H13ClN2O3/c1-8-3-5-12(20-8)14-13(15(17)18-21-14)10-7-9(16)4-6-11(10)19-2/h3-7H,1-2H3,(H2,17,18). The van der Waals surface area contributed by atoms with E-state index in [4.69, 9.17) is 31.0 Å². The number of methoxy groups -OCH3 is 1. The van der Waals surface area contributed by atoms with Crippen LogP contribution in [0.15, 0.2) is 39.3 Å². The number of rotatable bonds is 3. The van der Waals surface area contributed by atoms with Crippen molar-refractivity contribution in [1.82, 2.24) is 5.16 Å². The molecule has 3 aromatic rings. The summed E-state index contributed by atoms with van der Waals surface area (Å²) in [5.41, 5.74) is 7.25. The minimum absolute atomic E-state index is 0.250. The Kier molecular flexibility index (Phi) is 3.35. The van der Waals surface area contributed by atoms with E-state index >= 15 is 0 Å². The molecule has 3 rings (SSSR count). The van der Waals surface area contributed by atoms with E-state index < -0.39 is 0 Å². The van der Waals surface area contributed by atoms with Crippen LogP contribution in [0.1, 0.15) is 5.76 Å². The van der Waals surface area contributed by atoms with E-state index in [1.807, 2.05) is 13.0 Å². The van der Waals surface area contributed by atoms with Crippen LogP contribution in [0.2, 0.25) is 5.02 Å². The molecule has 0 amide bonds. The largest absolute Gasteiger partial charge is 0.496 e. The molecule has 0 saturated carbocycles. The molecule has 21 heavy (non-hydrogen) atoms. The van der Waals surface area contributed by atoms with Gasteiger partial charge < -0.3 is 19.4 Å². The van der Waals surface area contributed by atoms with Gasteiger partial charge in [0.05, 0.1) is 12.7 Å². The van der Waals surface area contributed by atoms with Crippen molar-refractivity contribution in [3.8, 4) is 28.4 Å². The predicted octanol–water partition coefficient (Wildman–Crippen LogP) is 4.15. The van der Waals surface area contributed by atoms with Crippen LogP contribution in [0, 0.1) is 6.92 Å². The maximum absolute atomic E-state index is 6.07. The van der Waals surface area contributed by atoms with Crippen LogP contribution >= 0.6 is 11.6 Å². The molecule has 108 valence electrons. The van der Waals surface area contributed by atoms with Gasteiger partial charge in [-0.2, -0.15) is 0 Å². The number of nitrogens with two attached hydrogens (primary N) is 1. The van der Waals surface area contributed by atoms with Gasteiger partial charge in [-0.3, -0.25) is 0 Å². The van der Waals surface area contributed by atoms with E-state index in [2.05, 4.69) is 5.16 Å². The number of halogens is 1. The van der Waals surface area contributed by atoms with Crippen LogP contribution in [0.25, 0.3) is 22.6 Å². The molecule has 0 radical (unpaired) electrons. The van der Waals surface area contributed by atoms with Crippen LogP contribution in [0.4, 0.5) is 5.82 Å². The first-order valence-corrected chi connectivity index (χ1v) is 6.64. The van der Waals surface area contributed by atoms with E-state index in [9.17, 15) is 0 Å². The molecule has 5 nitrogen and oxygen atoms in total. The maximum Gasteiger partial charge on any atom is 0.212 e. The number of ether oxygens (including phenoxy) is 1. The summed E-state index contributed by atoms with van der Waals surface area (Å²) in [6, 6.07) is 8.90. The van der Waals surface area contributed by atoms with E-state index in [1.54, 1.807) is 31.4 Å². The number of furan rings is 1. The Morgan fingerprint density at radius 3 is 2.71 bits per heavy atom. The Morgan fingerprint density at radius 1 is 1.24 bits per heavy atom. The second-order valence-electron chi connectivity index (χ2n) is 4.53. The first kappa shape index (κ1) is 13.6. The van der Waals surface area contributed by atoms with Crippen molar-refractivity contribution in [2.45, 2.75) is 6.92 Å². The van der Waals surface area contributed by atoms with Crippen molar-refractivity contribution in [3.63, 3.8) is 0 Å². The summed E-state index contributed by atoms with van der Waals surface area (Å²) in [4.78, 5) is 0. The minimum atomic E-state index is 0.250. The molecule has 2 N–H and O–H groups in total. The molecule has 6 heteroatoms. The molecule has 0 aliphatic rings. The summed E-state index contributed by atoms with van der Waals surface area (Å²) in [5, 5.41) is 4.39. The average molecular weight is 305 g/mol. The molecule has 0 unspecified atom stereocenters. The number of nitrogen functional groups attached to an aromatic ring is 1. The van der Waals surface area contributed by atoms with Crippen LogP contribution in [0.3, 0.4) is 0 Å². The molecule has 0 aliphatic heterocycles. The number of hydrogen-bond acceptors (Lipinski definition) is 5. The lowest BCUT2D eigenvalue weighted by molar-refractivity contribution is 0.414. The molecule has 0 atom stereocenters. The summed E-state index contributed by atoms with van der Waals surface area (Å²) in [6.45, 7) is 1.85. The molecule has 2 heterocycles. The van der Waals surface area contributed by atoms with Crippen molar-refractivity contribution < 1.29 is 13.7 Å². The van der Waals surface area contributed by atoms with Gasteiger partial charge in [0.2, 0.25) is 5.76 Å². The molecule has 0 aliphatic carbocycles. The number of aryl methyl sites for hydroxylation is 1. The Morgan fingerprint density at radius 2 is 2.05 bits per heavy atom. The number of anilines is 1. The van der Waals surface area contributed by atoms with E-state index in [-0.39, 0.29) is 5.82 Å². The highest BCUT2D eigenvalue weighted by Crippen LogP contribution is 2.42. The molecule has 2 aromatic heterocycles. The van der Waals surface area contributed by atoms with Crippen molar-refractivity contribution in [3.05, 3.63) is 41.1 Å². The van der Waals surface area contributed by atoms with Gasteiger partial charge in [-0.05, 0) is 37.3 Å². The smallest absolute Gasteiger partial charge is 0.212 e. The molecule has 0 fully saturated rings. The van der Waals surface area contributed by atoms with Crippen molar-refractivity contribution >= 4 is 17.4 Å². The molecular formula is C15H13ClN2O3. The van der Waals surface area contributed by atoms with E-state index in [0.717, 1.165) is 5.76 Å². The summed E-state index contributed by atoms with van der Waals surface area (Å²) < 4.78 is 16.3. The highest BCUT2D eigenvalue weighted by atomic mass is 35.5. The van der Waals surface area contributed by atoms with Gasteiger partial charge in [-0.15, -0.1) is 0 Å². The highest BCUT2D eigenvalue weighted by molar-refractivity contribution is 6.31. The van der Waals surface area contributed by atoms with Gasteiger partial charge in [-0.1, -0.05) is 16.8 Å². The van der Waals surface area contributed by atoms with Crippen molar-refractivity contribution in [1.29, 1.82) is 0 Å². The first-order chi connectivity index (χ1) is 10.1. The summed E-state index contributed by atoms with van der Waals surface area (Å²) >= 11 is 6.07. The highest BCUT2D eigenvalue weighted by Gasteiger charge is 2.23. The van der Waals surface area contributed by atoms with E-state index in [1.165, 1.54) is 0 Å². The number of benzene rings is 1. The van der Waals surface area contributed by atoms with Crippen LogP contribution in [-0.4, -0.2) is 12.3 Å². The topological polar surface area (TPSA) is 74.4 Å². The van der Waals surface area contributed by atoms with Crippen molar-refractivity contribution in [2.24, 2.45) is 0 Å². The summed E-state index contributed by atoms with van der Waals surface area (Å²) in [5.74, 6) is 2.64. The van der Waals surface area contributed by atoms with Gasteiger partial charge in [0.1, 0.15) is 11.5 Å². The third-order valence-electron chi connectivity index (χ3n) is 3.11. The van der Waals surface area contributed by atoms with Gasteiger partial charge in [0, 0.05) is 10.6 Å². The summed E-state index contributed by atoms with van der Waals surface area (Å²) in [7, 11) is 1.58. The van der Waals surface area contributed by atoms with Crippen LogP contribution in [-0.2, 0) is 0 Å². The van der Waals surface area contributed by atoms with Crippen LogP contribution < -0.4 is 10.5 Å². The lowest BCUT2D eigenvalue weighted by Gasteiger charge is -2.08. The first-order valence-electron chi connectivity index (χ1n) is 6.26.